The van der Waals surface area contributed by atoms with Crippen LogP contribution in [-0.4, -0.2) is 55.2 Å². The summed E-state index contributed by atoms with van der Waals surface area (Å²) in [5.41, 5.74) is 0. The minimum absolute atomic E-state index is 0.0796. The van der Waals surface area contributed by atoms with Crippen LogP contribution in [-0.2, 0) is 28.7 Å². The Morgan fingerprint density at radius 2 is 1.52 bits per heavy atom. The summed E-state index contributed by atoms with van der Waals surface area (Å²) in [4.78, 5) is 44.0. The molecule has 9 nitrogen and oxygen atoms in total. The maximum Gasteiger partial charge on any atom is 0.315 e. The van der Waals surface area contributed by atoms with Crippen molar-refractivity contribution in [2.75, 3.05) is 26.3 Å². The molecule has 0 aliphatic heterocycles. The highest BCUT2D eigenvalue weighted by Gasteiger charge is 2.10. The molecule has 0 aromatic heterocycles. The Hall–Kier alpha value is -2.58. The topological polar surface area (TPSA) is 131 Å². The summed E-state index contributed by atoms with van der Waals surface area (Å²) in [5.74, 6) is -3.04. The molecular weight excluding hydrogens is 308 g/mol. The van der Waals surface area contributed by atoms with Crippen LogP contribution in [0.2, 0.25) is 0 Å². The molecule has 0 heterocycles. The number of nitrogens with one attached hydrogen (secondary N) is 2. The van der Waals surface area contributed by atoms with E-state index in [9.17, 15) is 19.2 Å². The van der Waals surface area contributed by atoms with E-state index in [4.69, 9.17) is 14.6 Å². The van der Waals surface area contributed by atoms with Crippen LogP contribution in [0.15, 0.2) is 12.8 Å². The maximum atomic E-state index is 11.4. The molecule has 0 saturated carbocycles. The SMILES string of the molecule is C=COCCCCOC(=O)CC(=O)NCCNC(=O)CC(=O)O. The summed E-state index contributed by atoms with van der Waals surface area (Å²) in [6.07, 6.45) is 1.63. The number of unbranched alkanes of at least 4 members (excludes halogenated alkanes) is 1. The van der Waals surface area contributed by atoms with E-state index < -0.39 is 36.6 Å². The van der Waals surface area contributed by atoms with Gasteiger partial charge in [-0.2, -0.15) is 0 Å². The number of rotatable bonds is 13. The van der Waals surface area contributed by atoms with Gasteiger partial charge in [0.1, 0.15) is 12.8 Å². The van der Waals surface area contributed by atoms with Crippen LogP contribution < -0.4 is 10.6 Å². The highest BCUT2D eigenvalue weighted by atomic mass is 16.5. The summed E-state index contributed by atoms with van der Waals surface area (Å²) in [6, 6.07) is 0. The lowest BCUT2D eigenvalue weighted by Crippen LogP contribution is -2.36. The van der Waals surface area contributed by atoms with Crippen LogP contribution in [0.25, 0.3) is 0 Å². The van der Waals surface area contributed by atoms with Crippen LogP contribution in [0, 0.1) is 0 Å². The molecule has 0 atom stereocenters. The zero-order valence-electron chi connectivity index (χ0n) is 12.8. The number of amides is 2. The van der Waals surface area contributed by atoms with Crippen LogP contribution in [0.1, 0.15) is 25.7 Å². The van der Waals surface area contributed by atoms with Gasteiger partial charge in [-0.15, -0.1) is 0 Å². The zero-order chi connectivity index (χ0) is 17.5. The van der Waals surface area contributed by atoms with Crippen molar-refractivity contribution in [3.63, 3.8) is 0 Å². The zero-order valence-corrected chi connectivity index (χ0v) is 12.8. The number of carbonyl (C=O) groups is 4. The minimum atomic E-state index is -1.23. The van der Waals surface area contributed by atoms with Gasteiger partial charge in [-0.3, -0.25) is 19.2 Å². The third kappa shape index (κ3) is 14.1. The number of carboxylic acids is 1. The molecular formula is C14H22N2O7. The van der Waals surface area contributed by atoms with E-state index in [1.165, 1.54) is 6.26 Å². The number of aliphatic carboxylic acids is 1. The van der Waals surface area contributed by atoms with E-state index in [1.807, 2.05) is 0 Å². The number of carbonyl (C=O) groups excluding carboxylic acids is 3. The van der Waals surface area contributed by atoms with Crippen molar-refractivity contribution in [3.05, 3.63) is 12.8 Å². The second-order valence-electron chi connectivity index (χ2n) is 4.41. The van der Waals surface area contributed by atoms with Gasteiger partial charge < -0.3 is 25.2 Å². The highest BCUT2D eigenvalue weighted by Crippen LogP contribution is 1.94. The lowest BCUT2D eigenvalue weighted by molar-refractivity contribution is -0.147. The standard InChI is InChI=1S/C14H22N2O7/c1-2-22-7-3-4-8-23-14(21)10-12(18)16-6-5-15-11(17)9-13(19)20/h2H,1,3-10H2,(H,15,17)(H,16,18)(H,19,20). The summed E-state index contributed by atoms with van der Waals surface area (Å²) < 4.78 is 9.76. The number of ether oxygens (including phenoxy) is 2. The Balaban J connectivity index is 3.57. The first-order valence-corrected chi connectivity index (χ1v) is 7.09. The average molecular weight is 330 g/mol. The summed E-state index contributed by atoms with van der Waals surface area (Å²) in [5, 5.41) is 13.1. The molecule has 130 valence electrons. The fourth-order valence-corrected chi connectivity index (χ4v) is 1.41. The first kappa shape index (κ1) is 20.4. The first-order valence-electron chi connectivity index (χ1n) is 7.09. The van der Waals surface area contributed by atoms with Gasteiger partial charge in [0.2, 0.25) is 11.8 Å². The van der Waals surface area contributed by atoms with Gasteiger partial charge in [0, 0.05) is 13.1 Å². The van der Waals surface area contributed by atoms with Crippen molar-refractivity contribution in [2.45, 2.75) is 25.7 Å². The fraction of sp³-hybridized carbons (Fsp3) is 0.571. The van der Waals surface area contributed by atoms with Crippen LogP contribution >= 0.6 is 0 Å². The smallest absolute Gasteiger partial charge is 0.315 e. The molecule has 0 aliphatic carbocycles. The normalized spacial score (nSPS) is 9.57. The Kier molecular flexibility index (Phi) is 11.6. The predicted molar refractivity (Wildman–Crippen MR) is 79.2 cm³/mol. The largest absolute Gasteiger partial charge is 0.502 e. The molecule has 0 aromatic carbocycles. The Labute approximate surface area is 134 Å². The minimum Gasteiger partial charge on any atom is -0.502 e. The van der Waals surface area contributed by atoms with Crippen molar-refractivity contribution in [1.82, 2.24) is 10.6 Å². The van der Waals surface area contributed by atoms with E-state index in [0.717, 1.165) is 0 Å². The quantitative estimate of drug-likeness (QED) is 0.181. The van der Waals surface area contributed by atoms with Gasteiger partial charge in [-0.25, -0.2) is 0 Å². The number of carboxylic acid groups (broad SMARTS) is 1. The molecule has 0 aromatic rings. The van der Waals surface area contributed by atoms with Crippen molar-refractivity contribution < 1.29 is 33.8 Å². The highest BCUT2D eigenvalue weighted by molar-refractivity contribution is 5.94. The molecule has 0 rings (SSSR count). The second kappa shape index (κ2) is 13.1. The molecule has 2 amide bonds. The Morgan fingerprint density at radius 1 is 0.957 bits per heavy atom. The van der Waals surface area contributed by atoms with Crippen molar-refractivity contribution in [2.24, 2.45) is 0 Å². The summed E-state index contributed by atoms with van der Waals surface area (Å²) >= 11 is 0. The van der Waals surface area contributed by atoms with E-state index in [0.29, 0.717) is 19.4 Å². The predicted octanol–water partition coefficient (Wildman–Crippen LogP) is -0.433. The lowest BCUT2D eigenvalue weighted by atomic mass is 10.3. The van der Waals surface area contributed by atoms with Crippen molar-refractivity contribution in [3.8, 4) is 0 Å². The molecule has 23 heavy (non-hydrogen) atoms. The lowest BCUT2D eigenvalue weighted by Gasteiger charge is -2.07. The van der Waals surface area contributed by atoms with E-state index in [1.54, 1.807) is 0 Å². The van der Waals surface area contributed by atoms with E-state index >= 15 is 0 Å². The summed E-state index contributed by atoms with van der Waals surface area (Å²) in [6.45, 7) is 4.27. The number of esters is 1. The third-order valence-electron chi connectivity index (χ3n) is 2.42. The second-order valence-corrected chi connectivity index (χ2v) is 4.41. The van der Waals surface area contributed by atoms with Crippen LogP contribution in [0.5, 0.6) is 0 Å². The molecule has 0 spiro atoms. The van der Waals surface area contributed by atoms with Gasteiger partial charge >= 0.3 is 11.9 Å². The fourth-order valence-electron chi connectivity index (χ4n) is 1.41. The molecule has 0 unspecified atom stereocenters. The van der Waals surface area contributed by atoms with E-state index in [-0.39, 0.29) is 19.7 Å². The molecule has 3 N–H and O–H groups in total. The molecule has 0 aliphatic rings. The van der Waals surface area contributed by atoms with Gasteiger partial charge in [0.05, 0.1) is 19.5 Å². The molecule has 0 fully saturated rings. The monoisotopic (exact) mass is 330 g/mol. The summed E-state index contributed by atoms with van der Waals surface area (Å²) in [7, 11) is 0. The van der Waals surface area contributed by atoms with E-state index in [2.05, 4.69) is 17.2 Å². The number of hydrogen-bond acceptors (Lipinski definition) is 6. The van der Waals surface area contributed by atoms with Gasteiger partial charge in [-0.05, 0) is 12.8 Å². The van der Waals surface area contributed by atoms with Crippen LogP contribution in [0.4, 0.5) is 0 Å². The Bertz CT molecular complexity index is 423. The molecule has 9 heteroatoms. The first-order chi connectivity index (χ1) is 11.0. The third-order valence-corrected chi connectivity index (χ3v) is 2.42. The number of hydrogen-bond donors (Lipinski definition) is 3. The maximum absolute atomic E-state index is 11.4. The molecule has 0 radical (unpaired) electrons. The van der Waals surface area contributed by atoms with Crippen molar-refractivity contribution in [1.29, 1.82) is 0 Å². The average Bonchev–Trinajstić information content (AvgIpc) is 2.46. The van der Waals surface area contributed by atoms with Crippen LogP contribution in [0.3, 0.4) is 0 Å². The molecule has 0 saturated heterocycles. The van der Waals surface area contributed by atoms with Gasteiger partial charge in [0.15, 0.2) is 0 Å². The van der Waals surface area contributed by atoms with Crippen molar-refractivity contribution >= 4 is 23.8 Å². The Morgan fingerprint density at radius 3 is 2.09 bits per heavy atom. The van der Waals surface area contributed by atoms with Gasteiger partial charge in [0.25, 0.3) is 0 Å². The molecule has 0 bridgehead atoms. The van der Waals surface area contributed by atoms with Gasteiger partial charge in [-0.1, -0.05) is 6.58 Å².